The number of aliphatic hydroxyl groups excluding tert-OH is 1. The number of nitrogens with zero attached hydrogens (tertiary/aromatic N) is 4. The number of β-amino-alcohol motifs (C(OH)–C–C–N with tert-alkyl or cyclic N) is 1. The lowest BCUT2D eigenvalue weighted by molar-refractivity contribution is 0.171. The van der Waals surface area contributed by atoms with Crippen LogP contribution in [0.15, 0.2) is 60.9 Å². The Morgan fingerprint density at radius 2 is 1.84 bits per heavy atom. The van der Waals surface area contributed by atoms with Crippen LogP contribution in [0.2, 0.25) is 0 Å². The van der Waals surface area contributed by atoms with Gasteiger partial charge < -0.3 is 5.11 Å². The maximum Gasteiger partial charge on any atom is 0.151 e. The van der Waals surface area contributed by atoms with E-state index in [0.29, 0.717) is 19.5 Å². The summed E-state index contributed by atoms with van der Waals surface area (Å²) in [5, 5.41) is 18.4. The van der Waals surface area contributed by atoms with Crippen LogP contribution < -0.4 is 0 Å². The Morgan fingerprint density at radius 1 is 1.08 bits per heavy atom. The van der Waals surface area contributed by atoms with Crippen molar-refractivity contribution in [1.82, 2.24) is 19.7 Å². The molecule has 0 bridgehead atoms. The van der Waals surface area contributed by atoms with Crippen molar-refractivity contribution in [2.24, 2.45) is 0 Å². The maximum absolute atomic E-state index is 13.2. The number of aromatic nitrogens is 3. The van der Waals surface area contributed by atoms with Crippen molar-refractivity contribution >= 4 is 0 Å². The van der Waals surface area contributed by atoms with Crippen molar-refractivity contribution in [2.45, 2.75) is 25.1 Å². The lowest BCUT2D eigenvalue weighted by atomic mass is 10.0. The minimum atomic E-state index is -0.400. The number of aliphatic hydroxyl groups is 1. The molecule has 0 radical (unpaired) electrons. The molecular weight excluding hydrogens is 319 g/mol. The second-order valence-corrected chi connectivity index (χ2v) is 6.34. The summed E-state index contributed by atoms with van der Waals surface area (Å²) in [6.07, 6.45) is 1.93. The fraction of sp³-hybridized carbons (Fsp3) is 0.263. The Labute approximate surface area is 145 Å². The minimum absolute atomic E-state index is 0.0384. The molecule has 25 heavy (non-hydrogen) atoms. The van der Waals surface area contributed by atoms with Gasteiger partial charge in [0.25, 0.3) is 0 Å². The molecule has 1 aliphatic heterocycles. The number of hydrogen-bond acceptors (Lipinski definition) is 4. The van der Waals surface area contributed by atoms with Crippen LogP contribution in [0.5, 0.6) is 0 Å². The molecule has 4 rings (SSSR count). The van der Waals surface area contributed by atoms with E-state index in [1.165, 1.54) is 12.1 Å². The van der Waals surface area contributed by atoms with Crippen molar-refractivity contribution in [3.63, 3.8) is 0 Å². The van der Waals surface area contributed by atoms with E-state index in [4.69, 9.17) is 0 Å². The largest absolute Gasteiger partial charge is 0.392 e. The van der Waals surface area contributed by atoms with Gasteiger partial charge in [-0.2, -0.15) is 0 Å². The van der Waals surface area contributed by atoms with Crippen LogP contribution in [0, 0.1) is 5.82 Å². The molecule has 0 unspecified atom stereocenters. The van der Waals surface area contributed by atoms with E-state index in [2.05, 4.69) is 15.1 Å². The first-order chi connectivity index (χ1) is 12.2. The van der Waals surface area contributed by atoms with Gasteiger partial charge in [-0.05, 0) is 36.2 Å². The highest BCUT2D eigenvalue weighted by atomic mass is 19.1. The van der Waals surface area contributed by atoms with E-state index in [0.717, 1.165) is 17.1 Å². The lowest BCUT2D eigenvalue weighted by Gasteiger charge is -2.24. The summed E-state index contributed by atoms with van der Waals surface area (Å²) in [4.78, 5) is 2.17. The van der Waals surface area contributed by atoms with Gasteiger partial charge in [0.2, 0.25) is 0 Å². The number of hydrogen-bond donors (Lipinski definition) is 1. The van der Waals surface area contributed by atoms with Crippen molar-refractivity contribution in [1.29, 1.82) is 0 Å². The minimum Gasteiger partial charge on any atom is -0.392 e. The van der Waals surface area contributed by atoms with Crippen LogP contribution >= 0.6 is 0 Å². The van der Waals surface area contributed by atoms with Crippen LogP contribution in [0.25, 0.3) is 5.69 Å². The molecule has 6 heteroatoms. The summed E-state index contributed by atoms with van der Waals surface area (Å²) < 4.78 is 15.2. The molecule has 1 N–H and O–H groups in total. The molecule has 3 aromatic rings. The van der Waals surface area contributed by atoms with Gasteiger partial charge in [0.15, 0.2) is 5.82 Å². The second kappa shape index (κ2) is 6.74. The summed E-state index contributed by atoms with van der Waals surface area (Å²) >= 11 is 0. The zero-order chi connectivity index (χ0) is 17.2. The average molecular weight is 338 g/mol. The zero-order valence-electron chi connectivity index (χ0n) is 13.7. The second-order valence-electron chi connectivity index (χ2n) is 6.34. The van der Waals surface area contributed by atoms with E-state index in [9.17, 15) is 9.50 Å². The van der Waals surface area contributed by atoms with E-state index in [-0.39, 0.29) is 11.9 Å². The molecule has 2 aromatic carbocycles. The topological polar surface area (TPSA) is 54.2 Å². The summed E-state index contributed by atoms with van der Waals surface area (Å²) in [7, 11) is 0. The van der Waals surface area contributed by atoms with Crippen LogP contribution in [-0.2, 0) is 6.54 Å². The zero-order valence-corrected chi connectivity index (χ0v) is 13.7. The Kier molecular flexibility index (Phi) is 4.29. The van der Waals surface area contributed by atoms with Gasteiger partial charge in [-0.1, -0.05) is 30.3 Å². The summed E-state index contributed by atoms with van der Waals surface area (Å²) in [5.41, 5.74) is 2.00. The predicted molar refractivity (Wildman–Crippen MR) is 91.5 cm³/mol. The maximum atomic E-state index is 13.2. The van der Waals surface area contributed by atoms with Gasteiger partial charge in [-0.3, -0.25) is 9.47 Å². The molecule has 1 fully saturated rings. The first kappa shape index (κ1) is 15.9. The number of halogens is 1. The van der Waals surface area contributed by atoms with Gasteiger partial charge in [-0.25, -0.2) is 4.39 Å². The lowest BCUT2D eigenvalue weighted by Crippen LogP contribution is -2.26. The quantitative estimate of drug-likeness (QED) is 0.795. The summed E-state index contributed by atoms with van der Waals surface area (Å²) in [5.74, 6) is 0.560. The van der Waals surface area contributed by atoms with Gasteiger partial charge in [0.1, 0.15) is 12.1 Å². The van der Waals surface area contributed by atoms with Crippen LogP contribution in [-0.4, -0.2) is 37.4 Å². The van der Waals surface area contributed by atoms with Crippen molar-refractivity contribution in [3.05, 3.63) is 78.1 Å². The third-order valence-electron chi connectivity index (χ3n) is 4.63. The fourth-order valence-electron chi connectivity index (χ4n) is 3.44. The third-order valence-corrected chi connectivity index (χ3v) is 4.63. The molecule has 0 aliphatic carbocycles. The highest BCUT2D eigenvalue weighted by Crippen LogP contribution is 2.33. The number of rotatable bonds is 4. The molecular formula is C19H19FN4O. The number of para-hydroxylation sites is 1. The first-order valence-corrected chi connectivity index (χ1v) is 8.32. The Bertz CT molecular complexity index is 834. The third kappa shape index (κ3) is 3.31. The molecule has 2 atom stereocenters. The SMILES string of the molecule is O[C@H]1C[C@H](c2ccc(F)cc2)N(Cc2nncn2-c2ccccc2)C1. The Balaban J connectivity index is 1.59. The van der Waals surface area contributed by atoms with Crippen molar-refractivity contribution in [2.75, 3.05) is 6.54 Å². The first-order valence-electron chi connectivity index (χ1n) is 8.32. The molecule has 0 saturated carbocycles. The molecule has 128 valence electrons. The highest BCUT2D eigenvalue weighted by molar-refractivity contribution is 5.32. The number of benzene rings is 2. The predicted octanol–water partition coefficient (Wildman–Crippen LogP) is 2.71. The van der Waals surface area contributed by atoms with E-state index >= 15 is 0 Å². The van der Waals surface area contributed by atoms with Gasteiger partial charge in [0, 0.05) is 18.3 Å². The van der Waals surface area contributed by atoms with E-state index in [1.54, 1.807) is 18.5 Å². The smallest absolute Gasteiger partial charge is 0.151 e. The normalized spacial score (nSPS) is 20.9. The highest BCUT2D eigenvalue weighted by Gasteiger charge is 2.33. The van der Waals surface area contributed by atoms with Crippen LogP contribution in [0.1, 0.15) is 23.9 Å². The van der Waals surface area contributed by atoms with E-state index in [1.807, 2.05) is 34.9 Å². The van der Waals surface area contributed by atoms with Gasteiger partial charge in [0.05, 0.1) is 12.6 Å². The van der Waals surface area contributed by atoms with Crippen LogP contribution in [0.4, 0.5) is 4.39 Å². The van der Waals surface area contributed by atoms with Gasteiger partial charge >= 0.3 is 0 Å². The standard InChI is InChI=1S/C19H19FN4O/c20-15-8-6-14(7-9-15)18-10-17(25)11-23(18)12-19-22-21-13-24(19)16-4-2-1-3-5-16/h1-9,13,17-18,25H,10-12H2/t17-,18+/m0/s1. The van der Waals surface area contributed by atoms with Crippen LogP contribution in [0.3, 0.4) is 0 Å². The molecule has 5 nitrogen and oxygen atoms in total. The summed E-state index contributed by atoms with van der Waals surface area (Å²) in [6, 6.07) is 16.5. The van der Waals surface area contributed by atoms with Crippen molar-refractivity contribution in [3.8, 4) is 5.69 Å². The molecule has 1 aliphatic rings. The van der Waals surface area contributed by atoms with Gasteiger partial charge in [-0.15, -0.1) is 10.2 Å². The molecule has 1 saturated heterocycles. The average Bonchev–Trinajstić information content (AvgIpc) is 3.23. The fourth-order valence-corrected chi connectivity index (χ4v) is 3.44. The molecule has 1 aromatic heterocycles. The Morgan fingerprint density at radius 3 is 2.60 bits per heavy atom. The Hall–Kier alpha value is -2.57. The van der Waals surface area contributed by atoms with E-state index < -0.39 is 6.10 Å². The molecule has 0 spiro atoms. The monoisotopic (exact) mass is 338 g/mol. The van der Waals surface area contributed by atoms with Crippen molar-refractivity contribution < 1.29 is 9.50 Å². The summed E-state index contributed by atoms with van der Waals surface area (Å²) in [6.45, 7) is 1.12. The number of likely N-dealkylation sites (tertiary alicyclic amines) is 1. The molecule has 2 heterocycles. The molecule has 0 amide bonds.